The van der Waals surface area contributed by atoms with Gasteiger partial charge in [-0.05, 0) is 75.8 Å². The molecule has 1 heterocycles. The average Bonchev–Trinajstić information content (AvgIpc) is 2.33. The summed E-state index contributed by atoms with van der Waals surface area (Å²) >= 11 is 5.68. The van der Waals surface area contributed by atoms with Crippen LogP contribution in [0.3, 0.4) is 0 Å². The summed E-state index contributed by atoms with van der Waals surface area (Å²) in [7, 11) is 0. The molecule has 98 valence electrons. The van der Waals surface area contributed by atoms with E-state index in [9.17, 15) is 4.79 Å². The number of halogens is 2. The van der Waals surface area contributed by atoms with Crippen molar-refractivity contribution in [1.29, 1.82) is 0 Å². The SMILES string of the molecule is Cc1nc(Nc2cc(I)ccc2Br)ccc1C(=O)O. The summed E-state index contributed by atoms with van der Waals surface area (Å²) in [6.07, 6.45) is 0. The van der Waals surface area contributed by atoms with Crippen molar-refractivity contribution in [2.45, 2.75) is 6.92 Å². The number of nitrogens with one attached hydrogen (secondary N) is 1. The number of hydrogen-bond donors (Lipinski definition) is 2. The van der Waals surface area contributed by atoms with E-state index < -0.39 is 5.97 Å². The van der Waals surface area contributed by atoms with Crippen molar-refractivity contribution >= 4 is 56.0 Å². The summed E-state index contributed by atoms with van der Waals surface area (Å²) in [6, 6.07) is 9.12. The molecule has 6 heteroatoms. The second-order valence-electron chi connectivity index (χ2n) is 3.88. The number of nitrogens with zero attached hydrogens (tertiary/aromatic N) is 1. The lowest BCUT2D eigenvalue weighted by Crippen LogP contribution is -2.03. The van der Waals surface area contributed by atoms with Crippen LogP contribution in [0.2, 0.25) is 0 Å². The summed E-state index contributed by atoms with van der Waals surface area (Å²) in [5, 5.41) is 12.1. The van der Waals surface area contributed by atoms with Gasteiger partial charge in [0.25, 0.3) is 0 Å². The highest BCUT2D eigenvalue weighted by atomic mass is 127. The maximum atomic E-state index is 10.9. The van der Waals surface area contributed by atoms with Crippen molar-refractivity contribution in [2.24, 2.45) is 0 Å². The van der Waals surface area contributed by atoms with Gasteiger partial charge in [-0.3, -0.25) is 0 Å². The van der Waals surface area contributed by atoms with Crippen LogP contribution in [0.4, 0.5) is 11.5 Å². The Morgan fingerprint density at radius 1 is 1.37 bits per heavy atom. The number of hydrogen-bond acceptors (Lipinski definition) is 3. The lowest BCUT2D eigenvalue weighted by molar-refractivity contribution is 0.0695. The minimum atomic E-state index is -0.966. The molecular weight excluding hydrogens is 423 g/mol. The highest BCUT2D eigenvalue weighted by molar-refractivity contribution is 14.1. The number of anilines is 2. The number of aromatic carboxylic acids is 1. The summed E-state index contributed by atoms with van der Waals surface area (Å²) in [5.74, 6) is -0.350. The molecular formula is C13H10BrIN2O2. The maximum absolute atomic E-state index is 10.9. The van der Waals surface area contributed by atoms with Crippen LogP contribution in [-0.4, -0.2) is 16.1 Å². The van der Waals surface area contributed by atoms with Gasteiger partial charge in [0.05, 0.1) is 16.9 Å². The molecule has 0 spiro atoms. The summed E-state index contributed by atoms with van der Waals surface area (Å²) in [5.41, 5.74) is 1.59. The fourth-order valence-corrected chi connectivity index (χ4v) is 2.42. The van der Waals surface area contributed by atoms with Gasteiger partial charge in [-0.25, -0.2) is 9.78 Å². The van der Waals surface area contributed by atoms with E-state index in [0.717, 1.165) is 13.7 Å². The predicted octanol–water partition coefficient (Wildman–Crippen LogP) is 4.20. The minimum Gasteiger partial charge on any atom is -0.478 e. The first-order valence-electron chi connectivity index (χ1n) is 5.40. The van der Waals surface area contributed by atoms with Gasteiger partial charge < -0.3 is 10.4 Å². The highest BCUT2D eigenvalue weighted by Gasteiger charge is 2.09. The third-order valence-corrected chi connectivity index (χ3v) is 3.87. The van der Waals surface area contributed by atoms with E-state index >= 15 is 0 Å². The Morgan fingerprint density at radius 2 is 2.11 bits per heavy atom. The van der Waals surface area contributed by atoms with Crippen molar-refractivity contribution < 1.29 is 9.90 Å². The number of benzene rings is 1. The summed E-state index contributed by atoms with van der Waals surface area (Å²) in [6.45, 7) is 1.68. The largest absolute Gasteiger partial charge is 0.478 e. The first kappa shape index (κ1) is 14.3. The Bertz CT molecular complexity index is 647. The first-order chi connectivity index (χ1) is 8.97. The number of aryl methyl sites for hydroxylation is 1. The summed E-state index contributed by atoms with van der Waals surface area (Å²) in [4.78, 5) is 15.2. The second kappa shape index (κ2) is 5.87. The van der Waals surface area contributed by atoms with Crippen LogP contribution in [0.1, 0.15) is 16.1 Å². The number of carboxylic acid groups (broad SMARTS) is 1. The fraction of sp³-hybridized carbons (Fsp3) is 0.0769. The molecule has 0 bridgehead atoms. The van der Waals surface area contributed by atoms with Gasteiger partial charge in [0, 0.05) is 8.04 Å². The van der Waals surface area contributed by atoms with Gasteiger partial charge in [0.15, 0.2) is 0 Å². The molecule has 0 unspecified atom stereocenters. The van der Waals surface area contributed by atoms with E-state index in [0.29, 0.717) is 11.5 Å². The van der Waals surface area contributed by atoms with Crippen LogP contribution in [0.15, 0.2) is 34.8 Å². The van der Waals surface area contributed by atoms with Gasteiger partial charge in [0.2, 0.25) is 0 Å². The van der Waals surface area contributed by atoms with E-state index in [-0.39, 0.29) is 5.56 Å². The Morgan fingerprint density at radius 3 is 2.74 bits per heavy atom. The normalized spacial score (nSPS) is 10.3. The minimum absolute atomic E-state index is 0.215. The Kier molecular flexibility index (Phi) is 4.41. The molecule has 0 amide bonds. The van der Waals surface area contributed by atoms with Gasteiger partial charge in [-0.15, -0.1) is 0 Å². The van der Waals surface area contributed by atoms with Crippen molar-refractivity contribution in [3.63, 3.8) is 0 Å². The van der Waals surface area contributed by atoms with E-state index in [1.807, 2.05) is 18.2 Å². The van der Waals surface area contributed by atoms with Crippen LogP contribution in [0.5, 0.6) is 0 Å². The molecule has 4 nitrogen and oxygen atoms in total. The molecule has 0 fully saturated rings. The monoisotopic (exact) mass is 432 g/mol. The standard InChI is InChI=1S/C13H10BrIN2O2/c1-7-9(13(18)19)3-5-12(16-7)17-11-6-8(15)2-4-10(11)14/h2-6H,1H3,(H,16,17)(H,18,19). The molecule has 0 atom stereocenters. The van der Waals surface area contributed by atoms with Gasteiger partial charge in [0.1, 0.15) is 5.82 Å². The molecule has 0 aliphatic rings. The van der Waals surface area contributed by atoms with Crippen LogP contribution in [-0.2, 0) is 0 Å². The molecule has 2 N–H and O–H groups in total. The number of rotatable bonds is 3. The molecule has 0 saturated carbocycles. The Balaban J connectivity index is 2.31. The third-order valence-electron chi connectivity index (χ3n) is 2.51. The van der Waals surface area contributed by atoms with Gasteiger partial charge in [-0.1, -0.05) is 0 Å². The first-order valence-corrected chi connectivity index (χ1v) is 7.27. The van der Waals surface area contributed by atoms with E-state index in [1.54, 1.807) is 19.1 Å². The molecule has 0 aliphatic heterocycles. The Hall–Kier alpha value is -1.15. The molecule has 1 aromatic heterocycles. The van der Waals surface area contributed by atoms with E-state index in [2.05, 4.69) is 48.8 Å². The fourth-order valence-electron chi connectivity index (χ4n) is 1.59. The number of pyridine rings is 1. The quantitative estimate of drug-likeness (QED) is 0.713. The average molecular weight is 433 g/mol. The summed E-state index contributed by atoms with van der Waals surface area (Å²) < 4.78 is 2.02. The van der Waals surface area contributed by atoms with Crippen LogP contribution in [0, 0.1) is 10.5 Å². The number of aromatic nitrogens is 1. The molecule has 2 rings (SSSR count). The lowest BCUT2D eigenvalue weighted by atomic mass is 10.2. The zero-order chi connectivity index (χ0) is 14.0. The smallest absolute Gasteiger partial charge is 0.337 e. The van der Waals surface area contributed by atoms with E-state index in [1.165, 1.54) is 0 Å². The zero-order valence-corrected chi connectivity index (χ0v) is 13.7. The van der Waals surface area contributed by atoms with Crippen molar-refractivity contribution in [2.75, 3.05) is 5.32 Å². The molecule has 0 saturated heterocycles. The number of carbonyl (C=O) groups is 1. The highest BCUT2D eigenvalue weighted by Crippen LogP contribution is 2.27. The molecule has 1 aromatic carbocycles. The molecule has 19 heavy (non-hydrogen) atoms. The van der Waals surface area contributed by atoms with Gasteiger partial charge in [-0.2, -0.15) is 0 Å². The molecule has 2 aromatic rings. The molecule has 0 radical (unpaired) electrons. The van der Waals surface area contributed by atoms with Crippen molar-refractivity contribution in [1.82, 2.24) is 4.98 Å². The van der Waals surface area contributed by atoms with Crippen LogP contribution < -0.4 is 5.32 Å². The van der Waals surface area contributed by atoms with Gasteiger partial charge >= 0.3 is 5.97 Å². The Labute approximate surface area is 132 Å². The van der Waals surface area contributed by atoms with E-state index in [4.69, 9.17) is 5.11 Å². The molecule has 0 aliphatic carbocycles. The van der Waals surface area contributed by atoms with Crippen LogP contribution >= 0.6 is 38.5 Å². The lowest BCUT2D eigenvalue weighted by Gasteiger charge is -2.10. The topological polar surface area (TPSA) is 62.2 Å². The third kappa shape index (κ3) is 3.44. The predicted molar refractivity (Wildman–Crippen MR) is 86.1 cm³/mol. The number of carboxylic acids is 1. The van der Waals surface area contributed by atoms with Crippen LogP contribution in [0.25, 0.3) is 0 Å². The van der Waals surface area contributed by atoms with Crippen molar-refractivity contribution in [3.05, 3.63) is 49.6 Å². The zero-order valence-electron chi connectivity index (χ0n) is 9.95. The van der Waals surface area contributed by atoms with Crippen molar-refractivity contribution in [3.8, 4) is 0 Å². The second-order valence-corrected chi connectivity index (χ2v) is 5.98. The maximum Gasteiger partial charge on any atom is 0.337 e.